The molecule has 0 radical (unpaired) electrons. The summed E-state index contributed by atoms with van der Waals surface area (Å²) >= 11 is 3.29. The van der Waals surface area contributed by atoms with E-state index in [1.807, 2.05) is 6.07 Å². The molecule has 86 valence electrons. The molecule has 1 fully saturated rings. The van der Waals surface area contributed by atoms with Crippen LogP contribution in [-0.2, 0) is 6.42 Å². The number of nitro groups is 1. The molecule has 0 unspecified atom stereocenters. The summed E-state index contributed by atoms with van der Waals surface area (Å²) in [5, 5.41) is 10.8. The molecule has 1 aromatic carbocycles. The fourth-order valence-electron chi connectivity index (χ4n) is 2.03. The molecule has 2 N–H and O–H groups in total. The highest BCUT2D eigenvalue weighted by atomic mass is 79.9. The molecule has 2 rings (SSSR count). The predicted octanol–water partition coefficient (Wildman–Crippen LogP) is 2.78. The van der Waals surface area contributed by atoms with E-state index < -0.39 is 0 Å². The van der Waals surface area contributed by atoms with Crippen molar-refractivity contribution in [2.24, 2.45) is 5.73 Å². The summed E-state index contributed by atoms with van der Waals surface area (Å²) in [5.41, 5.74) is 7.02. The molecule has 0 heterocycles. The maximum absolute atomic E-state index is 10.8. The van der Waals surface area contributed by atoms with Crippen LogP contribution in [0.3, 0.4) is 0 Å². The molecule has 0 amide bonds. The summed E-state index contributed by atoms with van der Waals surface area (Å²) in [7, 11) is 0. The lowest BCUT2D eigenvalue weighted by Gasteiger charge is -2.38. The monoisotopic (exact) mass is 284 g/mol. The van der Waals surface area contributed by atoms with Gasteiger partial charge in [-0.1, -0.05) is 12.1 Å². The van der Waals surface area contributed by atoms with E-state index in [1.165, 1.54) is 6.07 Å². The van der Waals surface area contributed by atoms with Crippen LogP contribution in [0, 0.1) is 10.1 Å². The van der Waals surface area contributed by atoms with Crippen LogP contribution in [0.4, 0.5) is 5.69 Å². The number of nitrogens with two attached hydrogens (primary N) is 1. The van der Waals surface area contributed by atoms with Crippen LogP contribution in [0.15, 0.2) is 22.7 Å². The van der Waals surface area contributed by atoms with Gasteiger partial charge in [0.05, 0.1) is 9.40 Å². The maximum Gasteiger partial charge on any atom is 0.283 e. The SMILES string of the molecule is NC1(Cc2cccc([N+](=O)[O-])c2Br)CCC1. The average molecular weight is 285 g/mol. The van der Waals surface area contributed by atoms with Crippen LogP contribution in [0.5, 0.6) is 0 Å². The fourth-order valence-corrected chi connectivity index (χ4v) is 2.58. The molecule has 0 saturated heterocycles. The molecule has 1 aliphatic rings. The van der Waals surface area contributed by atoms with Gasteiger partial charge < -0.3 is 5.73 Å². The Labute approximate surface area is 102 Å². The summed E-state index contributed by atoms with van der Waals surface area (Å²) in [6.45, 7) is 0. The molecule has 1 aliphatic carbocycles. The van der Waals surface area contributed by atoms with Gasteiger partial charge >= 0.3 is 0 Å². The van der Waals surface area contributed by atoms with Gasteiger partial charge in [0.25, 0.3) is 5.69 Å². The van der Waals surface area contributed by atoms with Gasteiger partial charge in [-0.3, -0.25) is 10.1 Å². The Morgan fingerprint density at radius 1 is 1.50 bits per heavy atom. The number of rotatable bonds is 3. The number of nitro benzene ring substituents is 1. The molecule has 0 spiro atoms. The molecule has 0 atom stereocenters. The van der Waals surface area contributed by atoms with Gasteiger partial charge in [0.15, 0.2) is 0 Å². The first-order valence-corrected chi connectivity index (χ1v) is 6.02. The Morgan fingerprint density at radius 2 is 2.19 bits per heavy atom. The molecule has 0 aliphatic heterocycles. The number of halogens is 1. The molecule has 1 aromatic rings. The molecular formula is C11H13BrN2O2. The van der Waals surface area contributed by atoms with Crippen LogP contribution in [-0.4, -0.2) is 10.5 Å². The second kappa shape index (κ2) is 4.14. The lowest BCUT2D eigenvalue weighted by atomic mass is 9.74. The summed E-state index contributed by atoms with van der Waals surface area (Å²) in [5.74, 6) is 0. The van der Waals surface area contributed by atoms with Gasteiger partial charge in [-0.15, -0.1) is 0 Å². The minimum Gasteiger partial charge on any atom is -0.325 e. The van der Waals surface area contributed by atoms with Crippen molar-refractivity contribution in [3.8, 4) is 0 Å². The van der Waals surface area contributed by atoms with Gasteiger partial charge in [-0.2, -0.15) is 0 Å². The first-order chi connectivity index (χ1) is 7.52. The molecule has 16 heavy (non-hydrogen) atoms. The number of nitrogens with zero attached hydrogens (tertiary/aromatic N) is 1. The number of hydrogen-bond acceptors (Lipinski definition) is 3. The lowest BCUT2D eigenvalue weighted by molar-refractivity contribution is -0.385. The first-order valence-electron chi connectivity index (χ1n) is 5.22. The molecule has 0 bridgehead atoms. The molecule has 5 heteroatoms. The van der Waals surface area contributed by atoms with Gasteiger partial charge in [-0.05, 0) is 47.2 Å². The van der Waals surface area contributed by atoms with Crippen LogP contribution >= 0.6 is 15.9 Å². The van der Waals surface area contributed by atoms with Crippen molar-refractivity contribution in [1.29, 1.82) is 0 Å². The minimum atomic E-state index is -0.377. The van der Waals surface area contributed by atoms with E-state index in [-0.39, 0.29) is 16.1 Å². The second-order valence-corrected chi connectivity index (χ2v) is 5.19. The summed E-state index contributed by atoms with van der Waals surface area (Å²) in [6, 6.07) is 5.10. The first kappa shape index (κ1) is 11.5. The zero-order valence-corrected chi connectivity index (χ0v) is 10.4. The Hall–Kier alpha value is -0.940. The molecule has 1 saturated carbocycles. The summed E-state index contributed by atoms with van der Waals surface area (Å²) in [6.07, 6.45) is 3.86. The largest absolute Gasteiger partial charge is 0.325 e. The Balaban J connectivity index is 2.27. The highest BCUT2D eigenvalue weighted by Crippen LogP contribution is 2.36. The van der Waals surface area contributed by atoms with E-state index in [0.717, 1.165) is 24.8 Å². The van der Waals surface area contributed by atoms with Gasteiger partial charge in [-0.25, -0.2) is 0 Å². The quantitative estimate of drug-likeness (QED) is 0.685. The Bertz CT molecular complexity index is 430. The Kier molecular flexibility index (Phi) is 2.99. The standard InChI is InChI=1S/C11H13BrN2O2/c12-10-8(7-11(13)5-2-6-11)3-1-4-9(10)14(15)16/h1,3-4H,2,5-7,13H2. The van der Waals surface area contributed by atoms with E-state index >= 15 is 0 Å². The smallest absolute Gasteiger partial charge is 0.283 e. The van der Waals surface area contributed by atoms with E-state index in [1.54, 1.807) is 6.07 Å². The van der Waals surface area contributed by atoms with E-state index in [0.29, 0.717) is 10.9 Å². The number of benzene rings is 1. The molecule has 0 aromatic heterocycles. The van der Waals surface area contributed by atoms with Crippen molar-refractivity contribution in [2.75, 3.05) is 0 Å². The van der Waals surface area contributed by atoms with E-state index in [2.05, 4.69) is 15.9 Å². The summed E-state index contributed by atoms with van der Waals surface area (Å²) in [4.78, 5) is 10.4. The van der Waals surface area contributed by atoms with Crippen molar-refractivity contribution in [3.05, 3.63) is 38.3 Å². The summed E-state index contributed by atoms with van der Waals surface area (Å²) < 4.78 is 0.566. The van der Waals surface area contributed by atoms with Crippen LogP contribution < -0.4 is 5.73 Å². The van der Waals surface area contributed by atoms with Gasteiger partial charge in [0.1, 0.15) is 0 Å². The van der Waals surface area contributed by atoms with Crippen molar-refractivity contribution in [1.82, 2.24) is 0 Å². The predicted molar refractivity (Wildman–Crippen MR) is 65.3 cm³/mol. The van der Waals surface area contributed by atoms with Crippen LogP contribution in [0.2, 0.25) is 0 Å². The maximum atomic E-state index is 10.8. The van der Waals surface area contributed by atoms with Crippen molar-refractivity contribution in [2.45, 2.75) is 31.2 Å². The van der Waals surface area contributed by atoms with Crippen LogP contribution in [0.1, 0.15) is 24.8 Å². The third-order valence-electron chi connectivity index (χ3n) is 3.15. The highest BCUT2D eigenvalue weighted by molar-refractivity contribution is 9.10. The van der Waals surface area contributed by atoms with Crippen molar-refractivity contribution >= 4 is 21.6 Å². The van der Waals surface area contributed by atoms with Crippen molar-refractivity contribution in [3.63, 3.8) is 0 Å². The zero-order chi connectivity index (χ0) is 11.8. The normalized spacial score (nSPS) is 17.9. The zero-order valence-electron chi connectivity index (χ0n) is 8.78. The third kappa shape index (κ3) is 2.10. The van der Waals surface area contributed by atoms with E-state index in [9.17, 15) is 10.1 Å². The minimum absolute atomic E-state index is 0.112. The molecular weight excluding hydrogens is 272 g/mol. The highest BCUT2D eigenvalue weighted by Gasteiger charge is 2.33. The number of hydrogen-bond donors (Lipinski definition) is 1. The Morgan fingerprint density at radius 3 is 2.69 bits per heavy atom. The topological polar surface area (TPSA) is 69.2 Å². The van der Waals surface area contributed by atoms with E-state index in [4.69, 9.17) is 5.73 Å². The van der Waals surface area contributed by atoms with Crippen molar-refractivity contribution < 1.29 is 4.92 Å². The van der Waals surface area contributed by atoms with Gasteiger partial charge in [0.2, 0.25) is 0 Å². The fraction of sp³-hybridized carbons (Fsp3) is 0.455. The van der Waals surface area contributed by atoms with Crippen LogP contribution in [0.25, 0.3) is 0 Å². The molecule has 4 nitrogen and oxygen atoms in total. The lowest BCUT2D eigenvalue weighted by Crippen LogP contribution is -2.48. The second-order valence-electron chi connectivity index (χ2n) is 4.40. The third-order valence-corrected chi connectivity index (χ3v) is 4.06. The van der Waals surface area contributed by atoms with Gasteiger partial charge in [0, 0.05) is 11.6 Å². The average Bonchev–Trinajstić information content (AvgIpc) is 2.18.